The minimum atomic E-state index is 0. The van der Waals surface area contributed by atoms with E-state index in [1.807, 2.05) is 13.2 Å². The van der Waals surface area contributed by atoms with Gasteiger partial charge in [0, 0.05) is 45.6 Å². The van der Waals surface area contributed by atoms with E-state index in [4.69, 9.17) is 0 Å². The van der Waals surface area contributed by atoms with Crippen molar-refractivity contribution >= 4 is 29.9 Å². The average Bonchev–Trinajstić information content (AvgIpc) is 3.10. The lowest BCUT2D eigenvalue weighted by Gasteiger charge is -2.39. The van der Waals surface area contributed by atoms with Crippen molar-refractivity contribution in [1.82, 2.24) is 19.8 Å². The summed E-state index contributed by atoms with van der Waals surface area (Å²) in [6, 6.07) is 10.9. The topological polar surface area (TPSA) is 45.5 Å². The number of likely N-dealkylation sites (tertiary alicyclic amines) is 1. The normalized spacial score (nSPS) is 20.0. The molecule has 2 unspecified atom stereocenters. The number of piperidine rings is 1. The standard InChI is InChI=1S/C22H33N5.HI/c1-18-17-27(15-11-21(18)20-9-5-4-6-10-20)22(23-3)25-12-7-8-14-26-16-13-24-19(26)2;/h4-6,9-10,13,16,18,21H,7-8,11-12,14-15,17H2,1-3H3,(H,23,25);1H. The van der Waals surface area contributed by atoms with E-state index in [1.165, 1.54) is 12.0 Å². The van der Waals surface area contributed by atoms with Gasteiger partial charge in [-0.1, -0.05) is 37.3 Å². The van der Waals surface area contributed by atoms with E-state index in [2.05, 4.69) is 75.1 Å². The zero-order valence-corrected chi connectivity index (χ0v) is 19.7. The Morgan fingerprint density at radius 2 is 2.04 bits per heavy atom. The third-order valence-corrected chi connectivity index (χ3v) is 5.68. The third-order valence-electron chi connectivity index (χ3n) is 5.68. The van der Waals surface area contributed by atoms with Crippen LogP contribution in [0.3, 0.4) is 0 Å². The molecule has 5 nitrogen and oxygen atoms in total. The molecule has 0 saturated carbocycles. The molecule has 0 bridgehead atoms. The largest absolute Gasteiger partial charge is 0.356 e. The fourth-order valence-corrected chi connectivity index (χ4v) is 4.11. The first-order valence-corrected chi connectivity index (χ1v) is 10.2. The molecule has 1 fully saturated rings. The molecule has 3 rings (SSSR count). The van der Waals surface area contributed by atoms with Crippen molar-refractivity contribution in [2.75, 3.05) is 26.7 Å². The van der Waals surface area contributed by atoms with E-state index >= 15 is 0 Å². The van der Waals surface area contributed by atoms with Gasteiger partial charge in [-0.3, -0.25) is 4.99 Å². The Balaban J connectivity index is 0.00000280. The van der Waals surface area contributed by atoms with Crippen molar-refractivity contribution in [3.8, 4) is 0 Å². The van der Waals surface area contributed by atoms with Gasteiger partial charge in [0.05, 0.1) is 0 Å². The molecule has 2 aromatic rings. The van der Waals surface area contributed by atoms with Crippen LogP contribution in [0.5, 0.6) is 0 Å². The zero-order chi connectivity index (χ0) is 19.1. The van der Waals surface area contributed by atoms with E-state index in [1.54, 1.807) is 0 Å². The molecule has 2 heterocycles. The summed E-state index contributed by atoms with van der Waals surface area (Å²) in [6.45, 7) is 8.55. The van der Waals surface area contributed by atoms with Crippen LogP contribution in [-0.2, 0) is 6.54 Å². The van der Waals surface area contributed by atoms with Crippen LogP contribution in [0, 0.1) is 12.8 Å². The number of nitrogens with zero attached hydrogens (tertiary/aromatic N) is 4. The van der Waals surface area contributed by atoms with Crippen molar-refractivity contribution in [3.05, 3.63) is 54.1 Å². The van der Waals surface area contributed by atoms with E-state index in [9.17, 15) is 0 Å². The lowest BCUT2D eigenvalue weighted by atomic mass is 9.82. The van der Waals surface area contributed by atoms with Gasteiger partial charge in [0.2, 0.25) is 0 Å². The highest BCUT2D eigenvalue weighted by molar-refractivity contribution is 14.0. The second kappa shape index (κ2) is 11.4. The van der Waals surface area contributed by atoms with E-state index in [-0.39, 0.29) is 24.0 Å². The molecule has 0 spiro atoms. The molecule has 28 heavy (non-hydrogen) atoms. The van der Waals surface area contributed by atoms with Crippen LogP contribution >= 0.6 is 24.0 Å². The van der Waals surface area contributed by atoms with Crippen LogP contribution in [0.4, 0.5) is 0 Å². The Kier molecular flexibility index (Phi) is 9.28. The minimum absolute atomic E-state index is 0. The van der Waals surface area contributed by atoms with E-state index in [0.29, 0.717) is 11.8 Å². The minimum Gasteiger partial charge on any atom is -0.356 e. The van der Waals surface area contributed by atoms with Crippen molar-refractivity contribution in [2.45, 2.75) is 45.6 Å². The Morgan fingerprint density at radius 1 is 1.25 bits per heavy atom. The first-order chi connectivity index (χ1) is 13.2. The maximum Gasteiger partial charge on any atom is 0.193 e. The summed E-state index contributed by atoms with van der Waals surface area (Å²) in [4.78, 5) is 11.2. The van der Waals surface area contributed by atoms with Gasteiger partial charge in [-0.25, -0.2) is 4.98 Å². The second-order valence-corrected chi connectivity index (χ2v) is 7.58. The smallest absolute Gasteiger partial charge is 0.193 e. The number of aryl methyl sites for hydroxylation is 2. The highest BCUT2D eigenvalue weighted by atomic mass is 127. The number of rotatable bonds is 6. The van der Waals surface area contributed by atoms with Crippen molar-refractivity contribution in [3.63, 3.8) is 0 Å². The van der Waals surface area contributed by atoms with Crippen LogP contribution < -0.4 is 5.32 Å². The summed E-state index contributed by atoms with van der Waals surface area (Å²) in [7, 11) is 1.89. The molecule has 154 valence electrons. The number of guanidine groups is 1. The number of aromatic nitrogens is 2. The molecule has 0 radical (unpaired) electrons. The number of hydrogen-bond donors (Lipinski definition) is 1. The second-order valence-electron chi connectivity index (χ2n) is 7.58. The third kappa shape index (κ3) is 5.96. The number of hydrogen-bond acceptors (Lipinski definition) is 2. The molecule has 1 saturated heterocycles. The summed E-state index contributed by atoms with van der Waals surface area (Å²) >= 11 is 0. The summed E-state index contributed by atoms with van der Waals surface area (Å²) in [6.07, 6.45) is 7.39. The maximum absolute atomic E-state index is 4.52. The van der Waals surface area contributed by atoms with Crippen molar-refractivity contribution in [1.29, 1.82) is 0 Å². The first kappa shape index (κ1) is 22.7. The number of unbranched alkanes of at least 4 members (excludes halogenated alkanes) is 1. The van der Waals surface area contributed by atoms with Gasteiger partial charge in [0.15, 0.2) is 5.96 Å². The van der Waals surface area contributed by atoms with Crippen molar-refractivity contribution < 1.29 is 0 Å². The Hall–Kier alpha value is -1.57. The van der Waals surface area contributed by atoms with E-state index in [0.717, 1.165) is 50.8 Å². The quantitative estimate of drug-likeness (QED) is 0.282. The van der Waals surface area contributed by atoms with Gasteiger partial charge in [-0.15, -0.1) is 24.0 Å². The van der Waals surface area contributed by atoms with Gasteiger partial charge in [0.25, 0.3) is 0 Å². The van der Waals surface area contributed by atoms with Gasteiger partial charge in [-0.2, -0.15) is 0 Å². The summed E-state index contributed by atoms with van der Waals surface area (Å²) in [5.41, 5.74) is 1.47. The van der Waals surface area contributed by atoms with Gasteiger partial charge < -0.3 is 14.8 Å². The SMILES string of the molecule is CN=C(NCCCCn1ccnc1C)N1CCC(c2ccccc2)C(C)C1.I. The van der Waals surface area contributed by atoms with Crippen LogP contribution in [0.25, 0.3) is 0 Å². The number of nitrogens with one attached hydrogen (secondary N) is 1. The molecule has 1 N–H and O–H groups in total. The highest BCUT2D eigenvalue weighted by Gasteiger charge is 2.28. The van der Waals surface area contributed by atoms with Gasteiger partial charge in [-0.05, 0) is 43.6 Å². The predicted molar refractivity (Wildman–Crippen MR) is 128 cm³/mol. The summed E-state index contributed by atoms with van der Waals surface area (Å²) < 4.78 is 2.21. The molecule has 1 aromatic carbocycles. The van der Waals surface area contributed by atoms with Crippen LogP contribution in [-0.4, -0.2) is 47.1 Å². The number of benzene rings is 1. The molecule has 1 aliphatic heterocycles. The van der Waals surface area contributed by atoms with E-state index < -0.39 is 0 Å². The zero-order valence-electron chi connectivity index (χ0n) is 17.3. The van der Waals surface area contributed by atoms with Crippen molar-refractivity contribution in [2.24, 2.45) is 10.9 Å². The molecule has 1 aliphatic rings. The highest BCUT2D eigenvalue weighted by Crippen LogP contribution is 2.32. The molecule has 0 amide bonds. The molecule has 1 aromatic heterocycles. The summed E-state index contributed by atoms with van der Waals surface area (Å²) in [5, 5.41) is 3.56. The van der Waals surface area contributed by atoms with Crippen LogP contribution in [0.15, 0.2) is 47.7 Å². The number of halogens is 1. The Labute approximate surface area is 186 Å². The lowest BCUT2D eigenvalue weighted by molar-refractivity contribution is 0.234. The Morgan fingerprint density at radius 3 is 2.68 bits per heavy atom. The predicted octanol–water partition coefficient (Wildman–Crippen LogP) is 4.29. The van der Waals surface area contributed by atoms with Gasteiger partial charge in [0.1, 0.15) is 5.82 Å². The molecular formula is C22H34IN5. The first-order valence-electron chi connectivity index (χ1n) is 10.2. The monoisotopic (exact) mass is 495 g/mol. The fourth-order valence-electron chi connectivity index (χ4n) is 4.11. The number of aliphatic imine (C=N–C) groups is 1. The molecule has 6 heteroatoms. The average molecular weight is 495 g/mol. The van der Waals surface area contributed by atoms with Gasteiger partial charge >= 0.3 is 0 Å². The lowest BCUT2D eigenvalue weighted by Crippen LogP contribution is -2.48. The maximum atomic E-state index is 4.52. The molecule has 2 atom stereocenters. The molecule has 0 aliphatic carbocycles. The number of imidazole rings is 1. The summed E-state index contributed by atoms with van der Waals surface area (Å²) in [5.74, 6) is 3.42. The van der Waals surface area contributed by atoms with Crippen LogP contribution in [0.1, 0.15) is 43.5 Å². The fraction of sp³-hybridized carbons (Fsp3) is 0.545. The Bertz CT molecular complexity index is 728. The molecular weight excluding hydrogens is 461 g/mol. The van der Waals surface area contributed by atoms with Crippen LogP contribution in [0.2, 0.25) is 0 Å².